The van der Waals surface area contributed by atoms with Crippen molar-refractivity contribution < 1.29 is 0 Å². The van der Waals surface area contributed by atoms with Gasteiger partial charge in [0.1, 0.15) is 5.01 Å². The number of likely N-dealkylation sites (N-methyl/N-ethyl adjacent to an activating group) is 1. The number of thiazole rings is 1. The first-order chi connectivity index (χ1) is 7.59. The molecule has 0 saturated heterocycles. The smallest absolute Gasteiger partial charge is 0.109 e. The van der Waals surface area contributed by atoms with Gasteiger partial charge in [-0.3, -0.25) is 0 Å². The SMILES string of the molecule is CCNC(C)(C)CNC(CC)c1nccs1. The molecular formula is C12H23N3S. The van der Waals surface area contributed by atoms with E-state index in [2.05, 4.69) is 43.3 Å². The second-order valence-electron chi connectivity index (χ2n) is 4.63. The summed E-state index contributed by atoms with van der Waals surface area (Å²) in [4.78, 5) is 4.37. The van der Waals surface area contributed by atoms with Crippen LogP contribution in [0.3, 0.4) is 0 Å². The third-order valence-corrected chi connectivity index (χ3v) is 3.49. The summed E-state index contributed by atoms with van der Waals surface area (Å²) in [5, 5.41) is 10.3. The van der Waals surface area contributed by atoms with Crippen LogP contribution in [0.25, 0.3) is 0 Å². The lowest BCUT2D eigenvalue weighted by atomic mass is 10.0. The molecule has 0 aromatic carbocycles. The highest BCUT2D eigenvalue weighted by Gasteiger charge is 2.19. The van der Waals surface area contributed by atoms with E-state index in [1.807, 2.05) is 11.6 Å². The molecule has 0 spiro atoms. The van der Waals surface area contributed by atoms with Gasteiger partial charge in [-0.25, -0.2) is 4.98 Å². The third kappa shape index (κ3) is 4.20. The third-order valence-electron chi connectivity index (χ3n) is 2.60. The molecule has 0 radical (unpaired) electrons. The molecule has 1 aromatic heterocycles. The van der Waals surface area contributed by atoms with Crippen LogP contribution in [0.2, 0.25) is 0 Å². The van der Waals surface area contributed by atoms with Crippen molar-refractivity contribution in [1.82, 2.24) is 15.6 Å². The van der Waals surface area contributed by atoms with E-state index in [1.54, 1.807) is 11.3 Å². The van der Waals surface area contributed by atoms with E-state index in [9.17, 15) is 0 Å². The zero-order chi connectivity index (χ0) is 12.0. The van der Waals surface area contributed by atoms with Crippen molar-refractivity contribution >= 4 is 11.3 Å². The van der Waals surface area contributed by atoms with E-state index in [1.165, 1.54) is 5.01 Å². The van der Waals surface area contributed by atoms with Crippen LogP contribution in [0, 0.1) is 0 Å². The predicted molar refractivity (Wildman–Crippen MR) is 70.9 cm³/mol. The molecule has 1 heterocycles. The lowest BCUT2D eigenvalue weighted by Crippen LogP contribution is -2.48. The van der Waals surface area contributed by atoms with Crippen LogP contribution in [0.4, 0.5) is 0 Å². The fourth-order valence-corrected chi connectivity index (χ4v) is 2.53. The minimum atomic E-state index is 0.138. The highest BCUT2D eigenvalue weighted by molar-refractivity contribution is 7.09. The minimum Gasteiger partial charge on any atom is -0.311 e. The van der Waals surface area contributed by atoms with Gasteiger partial charge in [-0.2, -0.15) is 0 Å². The molecule has 92 valence electrons. The Labute approximate surface area is 103 Å². The Kier molecular flexibility index (Phi) is 5.38. The number of hydrogen-bond acceptors (Lipinski definition) is 4. The predicted octanol–water partition coefficient (Wildman–Crippen LogP) is 2.57. The van der Waals surface area contributed by atoms with Crippen molar-refractivity contribution in [2.24, 2.45) is 0 Å². The Morgan fingerprint density at radius 2 is 2.19 bits per heavy atom. The highest BCUT2D eigenvalue weighted by Crippen LogP contribution is 2.19. The standard InChI is InChI=1S/C12H23N3S/c1-5-10(11-13-7-8-16-11)14-9-12(3,4)15-6-2/h7-8,10,14-15H,5-6,9H2,1-4H3. The van der Waals surface area contributed by atoms with Gasteiger partial charge in [0, 0.05) is 23.7 Å². The monoisotopic (exact) mass is 241 g/mol. The van der Waals surface area contributed by atoms with E-state index in [0.29, 0.717) is 6.04 Å². The maximum Gasteiger partial charge on any atom is 0.109 e. The molecule has 2 N–H and O–H groups in total. The van der Waals surface area contributed by atoms with Crippen LogP contribution in [-0.4, -0.2) is 23.6 Å². The summed E-state index contributed by atoms with van der Waals surface area (Å²) in [5.41, 5.74) is 0.138. The minimum absolute atomic E-state index is 0.138. The largest absolute Gasteiger partial charge is 0.311 e. The average molecular weight is 241 g/mol. The molecule has 0 saturated carbocycles. The molecule has 16 heavy (non-hydrogen) atoms. The second kappa shape index (κ2) is 6.33. The highest BCUT2D eigenvalue weighted by atomic mass is 32.1. The molecule has 0 amide bonds. The van der Waals surface area contributed by atoms with E-state index < -0.39 is 0 Å². The Hall–Kier alpha value is -0.450. The Balaban J connectivity index is 2.46. The summed E-state index contributed by atoms with van der Waals surface area (Å²) in [5.74, 6) is 0. The van der Waals surface area contributed by atoms with Crippen molar-refractivity contribution in [3.8, 4) is 0 Å². The van der Waals surface area contributed by atoms with Crippen molar-refractivity contribution in [3.63, 3.8) is 0 Å². The molecule has 3 nitrogen and oxygen atoms in total. The molecular weight excluding hydrogens is 218 g/mol. The normalized spacial score (nSPS) is 14.0. The lowest BCUT2D eigenvalue weighted by Gasteiger charge is -2.28. The van der Waals surface area contributed by atoms with Gasteiger partial charge in [-0.05, 0) is 26.8 Å². The van der Waals surface area contributed by atoms with Crippen LogP contribution in [-0.2, 0) is 0 Å². The van der Waals surface area contributed by atoms with Crippen LogP contribution >= 0.6 is 11.3 Å². The van der Waals surface area contributed by atoms with Gasteiger partial charge in [-0.15, -0.1) is 11.3 Å². The van der Waals surface area contributed by atoms with Gasteiger partial charge in [0.2, 0.25) is 0 Å². The van der Waals surface area contributed by atoms with Crippen molar-refractivity contribution in [3.05, 3.63) is 16.6 Å². The first-order valence-corrected chi connectivity index (χ1v) is 6.85. The lowest BCUT2D eigenvalue weighted by molar-refractivity contribution is 0.348. The Bertz CT molecular complexity index is 282. The van der Waals surface area contributed by atoms with Crippen molar-refractivity contribution in [2.75, 3.05) is 13.1 Å². The van der Waals surface area contributed by atoms with Gasteiger partial charge in [0.15, 0.2) is 0 Å². The van der Waals surface area contributed by atoms with Gasteiger partial charge >= 0.3 is 0 Å². The van der Waals surface area contributed by atoms with Gasteiger partial charge in [0.05, 0.1) is 6.04 Å². The average Bonchev–Trinajstić information content (AvgIpc) is 2.72. The van der Waals surface area contributed by atoms with Crippen LogP contribution in [0.5, 0.6) is 0 Å². The number of hydrogen-bond donors (Lipinski definition) is 2. The van der Waals surface area contributed by atoms with Gasteiger partial charge < -0.3 is 10.6 Å². The molecule has 0 aliphatic carbocycles. The van der Waals surface area contributed by atoms with Crippen LogP contribution in [0.1, 0.15) is 45.2 Å². The van der Waals surface area contributed by atoms with Crippen molar-refractivity contribution in [2.45, 2.75) is 45.7 Å². The summed E-state index contributed by atoms with van der Waals surface area (Å²) >= 11 is 1.73. The number of nitrogens with zero attached hydrogens (tertiary/aromatic N) is 1. The summed E-state index contributed by atoms with van der Waals surface area (Å²) < 4.78 is 0. The fraction of sp³-hybridized carbons (Fsp3) is 0.750. The van der Waals surface area contributed by atoms with Crippen LogP contribution < -0.4 is 10.6 Å². The molecule has 1 atom stereocenters. The second-order valence-corrected chi connectivity index (χ2v) is 5.55. The topological polar surface area (TPSA) is 37.0 Å². The first kappa shape index (κ1) is 13.6. The Morgan fingerprint density at radius 3 is 2.69 bits per heavy atom. The summed E-state index contributed by atoms with van der Waals surface area (Å²) in [7, 11) is 0. The van der Waals surface area contributed by atoms with E-state index >= 15 is 0 Å². The molecule has 4 heteroatoms. The summed E-state index contributed by atoms with van der Waals surface area (Å²) in [6.45, 7) is 10.7. The van der Waals surface area contributed by atoms with E-state index in [0.717, 1.165) is 19.5 Å². The quantitative estimate of drug-likeness (QED) is 0.770. The van der Waals surface area contributed by atoms with Crippen LogP contribution in [0.15, 0.2) is 11.6 Å². The number of rotatable bonds is 7. The van der Waals surface area contributed by atoms with E-state index in [4.69, 9.17) is 0 Å². The zero-order valence-electron chi connectivity index (χ0n) is 10.7. The molecule has 0 fully saturated rings. The Morgan fingerprint density at radius 1 is 1.44 bits per heavy atom. The number of aromatic nitrogens is 1. The van der Waals surface area contributed by atoms with E-state index in [-0.39, 0.29) is 5.54 Å². The molecule has 1 aromatic rings. The molecule has 1 unspecified atom stereocenters. The summed E-state index contributed by atoms with van der Waals surface area (Å²) in [6.07, 6.45) is 2.95. The maximum atomic E-state index is 4.37. The fourth-order valence-electron chi connectivity index (χ4n) is 1.73. The summed E-state index contributed by atoms with van der Waals surface area (Å²) in [6, 6.07) is 0.387. The maximum absolute atomic E-state index is 4.37. The molecule has 0 bridgehead atoms. The van der Waals surface area contributed by atoms with Gasteiger partial charge in [0.25, 0.3) is 0 Å². The first-order valence-electron chi connectivity index (χ1n) is 5.97. The molecule has 0 aliphatic heterocycles. The van der Waals surface area contributed by atoms with Gasteiger partial charge in [-0.1, -0.05) is 13.8 Å². The number of nitrogens with one attached hydrogen (secondary N) is 2. The van der Waals surface area contributed by atoms with Crippen molar-refractivity contribution in [1.29, 1.82) is 0 Å². The molecule has 0 aliphatic rings. The molecule has 1 rings (SSSR count). The zero-order valence-corrected chi connectivity index (χ0v) is 11.5.